The van der Waals surface area contributed by atoms with E-state index in [0.717, 1.165) is 61.8 Å². The molecule has 2 N–H and O–H groups in total. The van der Waals surface area contributed by atoms with Crippen molar-refractivity contribution in [3.63, 3.8) is 0 Å². The number of benzene rings is 1. The average molecular weight is 409 g/mol. The van der Waals surface area contributed by atoms with Gasteiger partial charge in [-0.05, 0) is 56.2 Å². The fourth-order valence-corrected chi connectivity index (χ4v) is 4.50. The Morgan fingerprint density at radius 1 is 1.17 bits per heavy atom. The van der Waals surface area contributed by atoms with Gasteiger partial charge in [0.1, 0.15) is 5.75 Å². The van der Waals surface area contributed by atoms with E-state index in [-0.39, 0.29) is 6.61 Å². The van der Waals surface area contributed by atoms with Crippen molar-refractivity contribution in [1.29, 1.82) is 0 Å². The van der Waals surface area contributed by atoms with E-state index in [2.05, 4.69) is 51.0 Å². The van der Waals surface area contributed by atoms with Crippen molar-refractivity contribution in [1.82, 2.24) is 19.8 Å². The standard InChI is InChI=1S/C24H32N4O2/c1-17-5-4-6-19(25-17)14-28-11-10-27(15-20(28)9-12-29)16-24-18(2)22-13-21(30-3)7-8-23(22)26-24/h4-8,13,20,26,29H,9-12,14-16H2,1-3H3. The molecule has 1 aliphatic heterocycles. The number of pyridine rings is 1. The highest BCUT2D eigenvalue weighted by Gasteiger charge is 2.27. The molecule has 6 heteroatoms. The molecule has 1 fully saturated rings. The molecule has 3 heterocycles. The topological polar surface area (TPSA) is 64.6 Å². The molecular weight excluding hydrogens is 376 g/mol. The summed E-state index contributed by atoms with van der Waals surface area (Å²) < 4.78 is 5.39. The normalized spacial score (nSPS) is 18.2. The maximum absolute atomic E-state index is 9.63. The van der Waals surface area contributed by atoms with Crippen molar-refractivity contribution in [2.45, 2.75) is 39.4 Å². The summed E-state index contributed by atoms with van der Waals surface area (Å²) in [6, 6.07) is 12.7. The molecule has 6 nitrogen and oxygen atoms in total. The molecule has 0 aliphatic carbocycles. The first-order valence-corrected chi connectivity index (χ1v) is 10.7. The molecule has 1 saturated heterocycles. The molecule has 0 radical (unpaired) electrons. The lowest BCUT2D eigenvalue weighted by Crippen LogP contribution is -2.52. The Hall–Kier alpha value is -2.41. The quantitative estimate of drug-likeness (QED) is 0.628. The fourth-order valence-electron chi connectivity index (χ4n) is 4.50. The monoisotopic (exact) mass is 408 g/mol. The molecule has 3 aromatic rings. The Morgan fingerprint density at radius 2 is 2.03 bits per heavy atom. The molecule has 1 aliphatic rings. The molecule has 4 rings (SSSR count). The van der Waals surface area contributed by atoms with E-state index in [1.165, 1.54) is 16.6 Å². The second-order valence-electron chi connectivity index (χ2n) is 8.28. The molecule has 1 unspecified atom stereocenters. The first kappa shape index (κ1) is 20.8. The molecule has 0 bridgehead atoms. The number of aliphatic hydroxyl groups excluding tert-OH is 1. The van der Waals surface area contributed by atoms with Crippen LogP contribution in [0.2, 0.25) is 0 Å². The van der Waals surface area contributed by atoms with Crippen LogP contribution in [0.25, 0.3) is 10.9 Å². The Kier molecular flexibility index (Phi) is 6.37. The smallest absolute Gasteiger partial charge is 0.119 e. The average Bonchev–Trinajstić information content (AvgIpc) is 3.05. The molecule has 0 saturated carbocycles. The van der Waals surface area contributed by atoms with Gasteiger partial charge in [0, 0.05) is 67.7 Å². The number of nitrogens with one attached hydrogen (secondary N) is 1. The van der Waals surface area contributed by atoms with Gasteiger partial charge < -0.3 is 14.8 Å². The van der Waals surface area contributed by atoms with E-state index >= 15 is 0 Å². The minimum absolute atomic E-state index is 0.210. The van der Waals surface area contributed by atoms with Crippen LogP contribution < -0.4 is 4.74 Å². The summed E-state index contributed by atoms with van der Waals surface area (Å²) in [4.78, 5) is 13.2. The minimum Gasteiger partial charge on any atom is -0.497 e. The van der Waals surface area contributed by atoms with Gasteiger partial charge in [-0.3, -0.25) is 14.8 Å². The number of fused-ring (bicyclic) bond motifs is 1. The summed E-state index contributed by atoms with van der Waals surface area (Å²) in [6.45, 7) is 9.08. The van der Waals surface area contributed by atoms with Crippen LogP contribution >= 0.6 is 0 Å². The van der Waals surface area contributed by atoms with Crippen molar-refractivity contribution in [2.24, 2.45) is 0 Å². The summed E-state index contributed by atoms with van der Waals surface area (Å²) in [5.41, 5.74) is 5.85. The number of ether oxygens (including phenoxy) is 1. The third-order valence-electron chi connectivity index (χ3n) is 6.21. The van der Waals surface area contributed by atoms with Gasteiger partial charge in [-0.15, -0.1) is 0 Å². The highest BCUT2D eigenvalue weighted by molar-refractivity contribution is 5.85. The minimum atomic E-state index is 0.210. The number of rotatable bonds is 7. The van der Waals surface area contributed by atoms with Crippen LogP contribution in [0.15, 0.2) is 36.4 Å². The van der Waals surface area contributed by atoms with Gasteiger partial charge in [0.2, 0.25) is 0 Å². The van der Waals surface area contributed by atoms with Crippen LogP contribution in [-0.4, -0.2) is 64.3 Å². The van der Waals surface area contributed by atoms with Crippen molar-refractivity contribution >= 4 is 10.9 Å². The van der Waals surface area contributed by atoms with E-state index < -0.39 is 0 Å². The summed E-state index contributed by atoms with van der Waals surface area (Å²) in [5, 5.41) is 10.9. The Bertz CT molecular complexity index is 1000. The van der Waals surface area contributed by atoms with Crippen molar-refractivity contribution in [3.8, 4) is 5.75 Å². The maximum Gasteiger partial charge on any atom is 0.119 e. The fraction of sp³-hybridized carbons (Fsp3) is 0.458. The van der Waals surface area contributed by atoms with E-state index in [1.54, 1.807) is 7.11 Å². The van der Waals surface area contributed by atoms with Crippen LogP contribution in [0, 0.1) is 13.8 Å². The molecule has 160 valence electrons. The van der Waals surface area contributed by atoms with Crippen LogP contribution in [0.1, 0.15) is 29.1 Å². The second kappa shape index (κ2) is 9.16. The first-order chi connectivity index (χ1) is 14.6. The summed E-state index contributed by atoms with van der Waals surface area (Å²) in [6.07, 6.45) is 0.783. The number of aromatic amines is 1. The lowest BCUT2D eigenvalue weighted by molar-refractivity contribution is 0.0486. The largest absolute Gasteiger partial charge is 0.497 e. The lowest BCUT2D eigenvalue weighted by Gasteiger charge is -2.41. The first-order valence-electron chi connectivity index (χ1n) is 10.7. The molecule has 30 heavy (non-hydrogen) atoms. The molecule has 1 aromatic carbocycles. The zero-order valence-corrected chi connectivity index (χ0v) is 18.2. The second-order valence-corrected chi connectivity index (χ2v) is 8.28. The van der Waals surface area contributed by atoms with Gasteiger partial charge in [-0.1, -0.05) is 6.07 Å². The Balaban J connectivity index is 1.46. The number of methoxy groups -OCH3 is 1. The van der Waals surface area contributed by atoms with Gasteiger partial charge >= 0.3 is 0 Å². The van der Waals surface area contributed by atoms with Gasteiger partial charge in [0.25, 0.3) is 0 Å². The van der Waals surface area contributed by atoms with Crippen LogP contribution in [0.5, 0.6) is 5.75 Å². The molecule has 0 spiro atoms. The Morgan fingerprint density at radius 3 is 2.80 bits per heavy atom. The predicted octanol–water partition coefficient (Wildman–Crippen LogP) is 3.26. The number of H-pyrrole nitrogens is 1. The molecule has 0 amide bonds. The van der Waals surface area contributed by atoms with Crippen molar-refractivity contribution < 1.29 is 9.84 Å². The van der Waals surface area contributed by atoms with E-state index in [1.807, 2.05) is 19.1 Å². The molecular formula is C24H32N4O2. The van der Waals surface area contributed by atoms with Crippen LogP contribution in [0.3, 0.4) is 0 Å². The molecule has 1 atom stereocenters. The highest BCUT2D eigenvalue weighted by atomic mass is 16.5. The van der Waals surface area contributed by atoms with Gasteiger partial charge in [0.15, 0.2) is 0 Å². The van der Waals surface area contributed by atoms with Crippen LogP contribution in [-0.2, 0) is 13.1 Å². The Labute approximate surface area is 178 Å². The zero-order valence-electron chi connectivity index (χ0n) is 18.2. The summed E-state index contributed by atoms with van der Waals surface area (Å²) in [5.74, 6) is 0.887. The number of nitrogens with zero attached hydrogens (tertiary/aromatic N) is 3. The van der Waals surface area contributed by atoms with Gasteiger partial charge in [0.05, 0.1) is 12.8 Å². The van der Waals surface area contributed by atoms with E-state index in [0.29, 0.717) is 6.04 Å². The zero-order chi connectivity index (χ0) is 21.1. The SMILES string of the molecule is COc1ccc2[nH]c(CN3CCN(Cc4cccc(C)n4)C(CCO)C3)c(C)c2c1. The van der Waals surface area contributed by atoms with Gasteiger partial charge in [-0.2, -0.15) is 0 Å². The van der Waals surface area contributed by atoms with Crippen molar-refractivity contribution in [3.05, 3.63) is 59.0 Å². The number of piperazine rings is 1. The number of hydrogen-bond acceptors (Lipinski definition) is 5. The summed E-state index contributed by atoms with van der Waals surface area (Å²) in [7, 11) is 1.71. The predicted molar refractivity (Wildman–Crippen MR) is 120 cm³/mol. The lowest BCUT2D eigenvalue weighted by atomic mass is 10.1. The summed E-state index contributed by atoms with van der Waals surface area (Å²) >= 11 is 0. The highest BCUT2D eigenvalue weighted by Crippen LogP contribution is 2.27. The third kappa shape index (κ3) is 4.51. The van der Waals surface area contributed by atoms with E-state index in [9.17, 15) is 5.11 Å². The van der Waals surface area contributed by atoms with E-state index in [4.69, 9.17) is 4.74 Å². The third-order valence-corrected chi connectivity index (χ3v) is 6.21. The molecule has 2 aromatic heterocycles. The van der Waals surface area contributed by atoms with Crippen molar-refractivity contribution in [2.75, 3.05) is 33.4 Å². The maximum atomic E-state index is 9.63. The van der Waals surface area contributed by atoms with Gasteiger partial charge in [-0.25, -0.2) is 0 Å². The number of hydrogen-bond donors (Lipinski definition) is 2. The number of aliphatic hydroxyl groups is 1. The number of aromatic nitrogens is 2. The number of aryl methyl sites for hydroxylation is 2. The van der Waals surface area contributed by atoms with Crippen LogP contribution in [0.4, 0.5) is 0 Å².